The van der Waals surface area contributed by atoms with Gasteiger partial charge in [-0.15, -0.1) is 0 Å². The lowest BCUT2D eigenvalue weighted by Gasteiger charge is -2.36. The largest absolute Gasteiger partial charge is 0.377 e. The Balaban J connectivity index is 1.99. The maximum atomic E-state index is 12.2. The summed E-state index contributed by atoms with van der Waals surface area (Å²) in [6, 6.07) is 0.353. The Bertz CT molecular complexity index is 245. The Morgan fingerprint density at radius 3 is 2.80 bits per heavy atom. The van der Waals surface area contributed by atoms with Crippen molar-refractivity contribution in [2.45, 2.75) is 31.8 Å². The number of hydrogen-bond donors (Lipinski definition) is 0. The van der Waals surface area contributed by atoms with E-state index in [-0.39, 0.29) is 12.1 Å². The molecule has 2 aliphatic heterocycles. The van der Waals surface area contributed by atoms with Gasteiger partial charge in [-0.25, -0.2) is 0 Å². The molecule has 0 aromatic rings. The molecule has 0 bridgehead atoms. The zero-order chi connectivity index (χ0) is 10.8. The summed E-state index contributed by atoms with van der Waals surface area (Å²) >= 11 is 0. The summed E-state index contributed by atoms with van der Waals surface area (Å²) in [6.45, 7) is 5.24. The molecule has 0 unspecified atom stereocenters. The fourth-order valence-corrected chi connectivity index (χ4v) is 2.47. The lowest BCUT2D eigenvalue weighted by Crippen LogP contribution is -2.52. The first-order chi connectivity index (χ1) is 7.20. The molecule has 1 amide bonds. The van der Waals surface area contributed by atoms with Crippen molar-refractivity contribution in [2.24, 2.45) is 0 Å². The van der Waals surface area contributed by atoms with Crippen molar-refractivity contribution < 1.29 is 9.53 Å². The van der Waals surface area contributed by atoms with Gasteiger partial charge in [-0.3, -0.25) is 9.69 Å². The molecule has 86 valence electrons. The van der Waals surface area contributed by atoms with E-state index in [1.807, 2.05) is 11.9 Å². The van der Waals surface area contributed by atoms with E-state index in [2.05, 4.69) is 11.8 Å². The molecule has 4 nitrogen and oxygen atoms in total. The van der Waals surface area contributed by atoms with Crippen LogP contribution in [0.4, 0.5) is 0 Å². The molecule has 0 saturated carbocycles. The molecule has 0 aromatic heterocycles. The molecule has 0 aromatic carbocycles. The van der Waals surface area contributed by atoms with Crippen LogP contribution in [0.1, 0.15) is 19.8 Å². The number of ether oxygens (including phenoxy) is 1. The predicted molar refractivity (Wildman–Crippen MR) is 57.6 cm³/mol. The second-order valence-corrected chi connectivity index (χ2v) is 4.59. The number of carbonyl (C=O) groups is 1. The Morgan fingerprint density at radius 1 is 1.40 bits per heavy atom. The van der Waals surface area contributed by atoms with Gasteiger partial charge in [0.1, 0.15) is 0 Å². The highest BCUT2D eigenvalue weighted by atomic mass is 16.5. The Morgan fingerprint density at radius 2 is 2.20 bits per heavy atom. The molecule has 2 rings (SSSR count). The van der Waals surface area contributed by atoms with Crippen LogP contribution in [-0.2, 0) is 9.53 Å². The van der Waals surface area contributed by atoms with Crippen molar-refractivity contribution in [1.82, 2.24) is 9.80 Å². The van der Waals surface area contributed by atoms with Gasteiger partial charge < -0.3 is 9.64 Å². The molecule has 0 aliphatic carbocycles. The van der Waals surface area contributed by atoms with Gasteiger partial charge in [0.15, 0.2) is 0 Å². The Labute approximate surface area is 91.2 Å². The quantitative estimate of drug-likeness (QED) is 0.628. The molecule has 4 heteroatoms. The molecule has 15 heavy (non-hydrogen) atoms. The van der Waals surface area contributed by atoms with Crippen molar-refractivity contribution in [2.75, 3.05) is 33.4 Å². The first-order valence-electron chi connectivity index (χ1n) is 5.78. The maximum absolute atomic E-state index is 12.2. The second kappa shape index (κ2) is 4.49. The van der Waals surface area contributed by atoms with Gasteiger partial charge in [-0.05, 0) is 33.4 Å². The van der Waals surface area contributed by atoms with E-state index in [1.54, 1.807) is 0 Å². The van der Waals surface area contributed by atoms with Crippen LogP contribution in [-0.4, -0.2) is 61.1 Å². The molecular weight excluding hydrogens is 192 g/mol. The molecule has 0 radical (unpaired) electrons. The molecular formula is C11H20N2O2. The minimum Gasteiger partial charge on any atom is -0.377 e. The molecule has 2 saturated heterocycles. The summed E-state index contributed by atoms with van der Waals surface area (Å²) in [6.07, 6.45) is 2.16. The Hall–Kier alpha value is -0.610. The second-order valence-electron chi connectivity index (χ2n) is 4.59. The highest BCUT2D eigenvalue weighted by Crippen LogP contribution is 2.19. The molecule has 2 heterocycles. The van der Waals surface area contributed by atoms with Crippen molar-refractivity contribution in [3.8, 4) is 0 Å². The van der Waals surface area contributed by atoms with E-state index in [9.17, 15) is 4.79 Å². The van der Waals surface area contributed by atoms with Gasteiger partial charge in [-0.2, -0.15) is 0 Å². The van der Waals surface area contributed by atoms with Gasteiger partial charge in [0.05, 0.1) is 25.3 Å². The SMILES string of the molecule is C[C@H]1COCCN1C(=O)[C@@H]1CCCN1C. The number of amides is 1. The summed E-state index contributed by atoms with van der Waals surface area (Å²) in [4.78, 5) is 16.4. The van der Waals surface area contributed by atoms with Crippen LogP contribution in [0.25, 0.3) is 0 Å². The molecule has 2 fully saturated rings. The van der Waals surface area contributed by atoms with E-state index >= 15 is 0 Å². The van der Waals surface area contributed by atoms with Crippen molar-refractivity contribution in [1.29, 1.82) is 0 Å². The fraction of sp³-hybridized carbons (Fsp3) is 0.909. The first-order valence-corrected chi connectivity index (χ1v) is 5.78. The average molecular weight is 212 g/mol. The highest BCUT2D eigenvalue weighted by Gasteiger charge is 2.34. The minimum atomic E-state index is 0.116. The third kappa shape index (κ3) is 2.16. The van der Waals surface area contributed by atoms with Crippen LogP contribution < -0.4 is 0 Å². The van der Waals surface area contributed by atoms with Gasteiger partial charge in [-0.1, -0.05) is 0 Å². The van der Waals surface area contributed by atoms with E-state index in [0.29, 0.717) is 19.1 Å². The molecule has 2 atom stereocenters. The van der Waals surface area contributed by atoms with Crippen LogP contribution in [0.2, 0.25) is 0 Å². The number of hydrogen-bond acceptors (Lipinski definition) is 3. The molecule has 0 N–H and O–H groups in total. The number of rotatable bonds is 1. The topological polar surface area (TPSA) is 32.8 Å². The zero-order valence-electron chi connectivity index (χ0n) is 9.61. The van der Waals surface area contributed by atoms with Crippen LogP contribution in [0.3, 0.4) is 0 Å². The molecule has 2 aliphatic rings. The number of likely N-dealkylation sites (N-methyl/N-ethyl adjacent to an activating group) is 1. The predicted octanol–water partition coefficient (Wildman–Crippen LogP) is 0.328. The average Bonchev–Trinajstić information content (AvgIpc) is 2.64. The van der Waals surface area contributed by atoms with E-state index in [1.165, 1.54) is 0 Å². The monoisotopic (exact) mass is 212 g/mol. The minimum absolute atomic E-state index is 0.116. The normalized spacial score (nSPS) is 33.3. The number of carbonyl (C=O) groups excluding carboxylic acids is 1. The number of morpholine rings is 1. The summed E-state index contributed by atoms with van der Waals surface area (Å²) in [5, 5.41) is 0. The standard InChI is InChI=1S/C11H20N2O2/c1-9-8-15-7-6-13(9)11(14)10-4-3-5-12(10)2/h9-10H,3-8H2,1-2H3/t9-,10-/m0/s1. The van der Waals surface area contributed by atoms with Crippen molar-refractivity contribution >= 4 is 5.91 Å². The highest BCUT2D eigenvalue weighted by molar-refractivity contribution is 5.82. The third-order valence-corrected chi connectivity index (χ3v) is 3.46. The van der Waals surface area contributed by atoms with Crippen molar-refractivity contribution in [3.63, 3.8) is 0 Å². The first kappa shape index (κ1) is 10.9. The van der Waals surface area contributed by atoms with Crippen LogP contribution in [0.15, 0.2) is 0 Å². The Kier molecular flexibility index (Phi) is 3.26. The van der Waals surface area contributed by atoms with Crippen LogP contribution in [0, 0.1) is 0 Å². The summed E-state index contributed by atoms with van der Waals surface area (Å²) < 4.78 is 5.34. The third-order valence-electron chi connectivity index (χ3n) is 3.46. The zero-order valence-corrected chi connectivity index (χ0v) is 9.61. The van der Waals surface area contributed by atoms with Crippen LogP contribution >= 0.6 is 0 Å². The van der Waals surface area contributed by atoms with Gasteiger partial charge >= 0.3 is 0 Å². The lowest BCUT2D eigenvalue weighted by molar-refractivity contribution is -0.143. The van der Waals surface area contributed by atoms with Crippen LogP contribution in [0.5, 0.6) is 0 Å². The van der Waals surface area contributed by atoms with Gasteiger partial charge in [0, 0.05) is 6.54 Å². The lowest BCUT2D eigenvalue weighted by atomic mass is 10.1. The van der Waals surface area contributed by atoms with Crippen molar-refractivity contribution in [3.05, 3.63) is 0 Å². The fourth-order valence-electron chi connectivity index (χ4n) is 2.47. The van der Waals surface area contributed by atoms with Gasteiger partial charge in [0.25, 0.3) is 0 Å². The maximum Gasteiger partial charge on any atom is 0.240 e. The molecule has 0 spiro atoms. The summed E-state index contributed by atoms with van der Waals surface area (Å²) in [5.41, 5.74) is 0. The van der Waals surface area contributed by atoms with E-state index < -0.39 is 0 Å². The summed E-state index contributed by atoms with van der Waals surface area (Å²) in [5.74, 6) is 0.297. The number of nitrogens with zero attached hydrogens (tertiary/aromatic N) is 2. The van der Waals surface area contributed by atoms with E-state index in [0.717, 1.165) is 25.9 Å². The smallest absolute Gasteiger partial charge is 0.240 e. The summed E-state index contributed by atoms with van der Waals surface area (Å²) in [7, 11) is 2.04. The van der Waals surface area contributed by atoms with E-state index in [4.69, 9.17) is 4.74 Å². The van der Waals surface area contributed by atoms with Gasteiger partial charge in [0.2, 0.25) is 5.91 Å². The number of likely N-dealkylation sites (tertiary alicyclic amines) is 1.